The van der Waals surface area contributed by atoms with E-state index in [0.29, 0.717) is 17.3 Å². The number of nitrogens with two attached hydrogens (primary N) is 1. The van der Waals surface area contributed by atoms with Gasteiger partial charge in [-0.3, -0.25) is 4.98 Å². The quantitative estimate of drug-likeness (QED) is 0.826. The number of fused-ring (bicyclic) bond motifs is 1. The second kappa shape index (κ2) is 5.23. The molecule has 1 unspecified atom stereocenters. The van der Waals surface area contributed by atoms with Crippen molar-refractivity contribution in [1.82, 2.24) is 4.98 Å². The molecule has 108 valence electrons. The minimum atomic E-state index is -0.431. The molecule has 20 heavy (non-hydrogen) atoms. The molecule has 3 rings (SSSR count). The van der Waals surface area contributed by atoms with Crippen molar-refractivity contribution in [3.05, 3.63) is 22.7 Å². The molecule has 5 heteroatoms. The van der Waals surface area contributed by atoms with Gasteiger partial charge in [-0.15, -0.1) is 0 Å². The Morgan fingerprint density at radius 2 is 2.25 bits per heavy atom. The van der Waals surface area contributed by atoms with Crippen LogP contribution in [-0.2, 0) is 0 Å². The van der Waals surface area contributed by atoms with E-state index in [1.807, 2.05) is 6.07 Å². The van der Waals surface area contributed by atoms with Crippen molar-refractivity contribution in [2.24, 2.45) is 0 Å². The van der Waals surface area contributed by atoms with Crippen LogP contribution in [0.25, 0.3) is 11.1 Å². The Kier molecular flexibility index (Phi) is 3.42. The Morgan fingerprint density at radius 1 is 1.40 bits per heavy atom. The first-order valence-corrected chi connectivity index (χ1v) is 7.38. The van der Waals surface area contributed by atoms with E-state index in [2.05, 4.69) is 16.8 Å². The largest absolute Gasteiger partial charge is 0.417 e. The predicted molar refractivity (Wildman–Crippen MR) is 81.1 cm³/mol. The van der Waals surface area contributed by atoms with Crippen molar-refractivity contribution < 1.29 is 4.42 Å². The average molecular weight is 275 g/mol. The number of aromatic nitrogens is 1. The maximum absolute atomic E-state index is 11.3. The number of rotatable bonds is 2. The molecular formula is C15H21N3O2. The van der Waals surface area contributed by atoms with Crippen LogP contribution in [0, 0.1) is 0 Å². The number of hydrogen-bond donors (Lipinski definition) is 2. The molecule has 1 aromatic heterocycles. The molecule has 1 aliphatic heterocycles. The second-order valence-electron chi connectivity index (χ2n) is 5.53. The van der Waals surface area contributed by atoms with Crippen molar-refractivity contribution in [2.75, 3.05) is 17.2 Å². The topological polar surface area (TPSA) is 75.3 Å². The number of H-pyrrole nitrogens is 1. The van der Waals surface area contributed by atoms with E-state index in [1.165, 1.54) is 25.7 Å². The van der Waals surface area contributed by atoms with Crippen LogP contribution in [-0.4, -0.2) is 17.6 Å². The van der Waals surface area contributed by atoms with Gasteiger partial charge in [-0.05, 0) is 25.3 Å². The molecule has 1 fully saturated rings. The first kappa shape index (κ1) is 13.1. The highest BCUT2D eigenvalue weighted by atomic mass is 16.4. The van der Waals surface area contributed by atoms with Gasteiger partial charge in [0.2, 0.25) is 0 Å². The number of nitrogens with zero attached hydrogens (tertiary/aromatic N) is 1. The molecule has 1 atom stereocenters. The predicted octanol–water partition coefficient (Wildman–Crippen LogP) is 2.86. The number of oxazole rings is 1. The lowest BCUT2D eigenvalue weighted by atomic mass is 10.1. The van der Waals surface area contributed by atoms with E-state index in [0.717, 1.165) is 24.2 Å². The molecule has 0 saturated carbocycles. The van der Waals surface area contributed by atoms with E-state index in [9.17, 15) is 4.79 Å². The molecule has 0 radical (unpaired) electrons. The van der Waals surface area contributed by atoms with Gasteiger partial charge in [0, 0.05) is 18.7 Å². The minimum absolute atomic E-state index is 0.431. The lowest BCUT2D eigenvalue weighted by Crippen LogP contribution is -2.34. The highest BCUT2D eigenvalue weighted by Gasteiger charge is 2.22. The fraction of sp³-hybridized carbons (Fsp3) is 0.533. The zero-order valence-corrected chi connectivity index (χ0v) is 11.8. The van der Waals surface area contributed by atoms with E-state index in [-0.39, 0.29) is 0 Å². The van der Waals surface area contributed by atoms with Crippen molar-refractivity contribution in [1.29, 1.82) is 0 Å². The van der Waals surface area contributed by atoms with E-state index >= 15 is 0 Å². The van der Waals surface area contributed by atoms with Crippen LogP contribution in [0.1, 0.15) is 39.0 Å². The molecule has 0 spiro atoms. The minimum Gasteiger partial charge on any atom is -0.408 e. The summed E-state index contributed by atoms with van der Waals surface area (Å²) in [5, 5.41) is 0. The summed E-state index contributed by atoms with van der Waals surface area (Å²) < 4.78 is 5.06. The first-order valence-electron chi connectivity index (χ1n) is 7.38. The van der Waals surface area contributed by atoms with E-state index in [4.69, 9.17) is 10.2 Å². The van der Waals surface area contributed by atoms with Gasteiger partial charge in [-0.25, -0.2) is 4.79 Å². The summed E-state index contributed by atoms with van der Waals surface area (Å²) in [6.07, 6.45) is 6.06. The number of nitrogen functional groups attached to an aromatic ring is 1. The highest BCUT2D eigenvalue weighted by molar-refractivity contribution is 5.85. The summed E-state index contributed by atoms with van der Waals surface area (Å²) in [5.41, 5.74) is 9.12. The van der Waals surface area contributed by atoms with Crippen LogP contribution >= 0.6 is 0 Å². The molecule has 1 aromatic carbocycles. The van der Waals surface area contributed by atoms with Crippen LogP contribution in [0.15, 0.2) is 21.3 Å². The van der Waals surface area contributed by atoms with Gasteiger partial charge in [0.15, 0.2) is 5.58 Å². The highest BCUT2D eigenvalue weighted by Crippen LogP contribution is 2.33. The number of nitrogens with one attached hydrogen (secondary N) is 1. The Bertz CT molecular complexity index is 659. The Morgan fingerprint density at radius 3 is 3.05 bits per heavy atom. The number of aromatic amines is 1. The molecule has 2 aromatic rings. The molecule has 0 amide bonds. The van der Waals surface area contributed by atoms with Crippen LogP contribution in [0.5, 0.6) is 0 Å². The third-order valence-corrected chi connectivity index (χ3v) is 4.23. The molecule has 0 aliphatic carbocycles. The maximum Gasteiger partial charge on any atom is 0.417 e. The standard InChI is InChI=1S/C15H21N3O2/c1-2-10-6-4-3-5-7-18(10)13-9-12-14(8-11(13)16)20-15(19)17-12/h8-10H,2-7,16H2,1H3,(H,17,19). The molecule has 2 heterocycles. The summed E-state index contributed by atoms with van der Waals surface area (Å²) >= 11 is 0. The van der Waals surface area contributed by atoms with E-state index < -0.39 is 5.76 Å². The van der Waals surface area contributed by atoms with Crippen molar-refractivity contribution in [3.8, 4) is 0 Å². The second-order valence-corrected chi connectivity index (χ2v) is 5.53. The fourth-order valence-electron chi connectivity index (χ4n) is 3.17. The molecule has 1 aliphatic rings. The summed E-state index contributed by atoms with van der Waals surface area (Å²) in [7, 11) is 0. The normalized spacial score (nSPS) is 20.2. The van der Waals surface area contributed by atoms with Crippen molar-refractivity contribution in [2.45, 2.75) is 45.1 Å². The molecule has 5 nitrogen and oxygen atoms in total. The van der Waals surface area contributed by atoms with Crippen LogP contribution in [0.2, 0.25) is 0 Å². The SMILES string of the molecule is CCC1CCCCCN1c1cc2[nH]c(=O)oc2cc1N. The fourth-order valence-corrected chi connectivity index (χ4v) is 3.17. The number of hydrogen-bond acceptors (Lipinski definition) is 4. The molecule has 0 bridgehead atoms. The summed E-state index contributed by atoms with van der Waals surface area (Å²) in [4.78, 5) is 16.4. The maximum atomic E-state index is 11.3. The summed E-state index contributed by atoms with van der Waals surface area (Å²) in [6, 6.07) is 4.22. The van der Waals surface area contributed by atoms with Gasteiger partial charge in [-0.1, -0.05) is 19.8 Å². The van der Waals surface area contributed by atoms with Gasteiger partial charge in [0.25, 0.3) is 0 Å². The summed E-state index contributed by atoms with van der Waals surface area (Å²) in [5.74, 6) is -0.431. The van der Waals surface area contributed by atoms with Crippen LogP contribution in [0.3, 0.4) is 0 Å². The molecule has 3 N–H and O–H groups in total. The van der Waals surface area contributed by atoms with Gasteiger partial charge < -0.3 is 15.1 Å². The van der Waals surface area contributed by atoms with Gasteiger partial charge in [-0.2, -0.15) is 0 Å². The first-order chi connectivity index (χ1) is 9.69. The summed E-state index contributed by atoms with van der Waals surface area (Å²) in [6.45, 7) is 3.24. The van der Waals surface area contributed by atoms with Crippen molar-refractivity contribution in [3.63, 3.8) is 0 Å². The monoisotopic (exact) mass is 275 g/mol. The molecular weight excluding hydrogens is 254 g/mol. The zero-order chi connectivity index (χ0) is 14.1. The molecule has 1 saturated heterocycles. The van der Waals surface area contributed by atoms with E-state index in [1.54, 1.807) is 6.07 Å². The zero-order valence-electron chi connectivity index (χ0n) is 11.8. The van der Waals surface area contributed by atoms with Crippen LogP contribution in [0.4, 0.5) is 11.4 Å². The van der Waals surface area contributed by atoms with Gasteiger partial charge >= 0.3 is 5.76 Å². The average Bonchev–Trinajstić information content (AvgIpc) is 2.64. The smallest absolute Gasteiger partial charge is 0.408 e. The third kappa shape index (κ3) is 2.28. The van der Waals surface area contributed by atoms with Gasteiger partial charge in [0.1, 0.15) is 0 Å². The Hall–Kier alpha value is -1.91. The third-order valence-electron chi connectivity index (χ3n) is 4.23. The van der Waals surface area contributed by atoms with Crippen LogP contribution < -0.4 is 16.4 Å². The number of anilines is 2. The number of benzene rings is 1. The van der Waals surface area contributed by atoms with Crippen molar-refractivity contribution >= 4 is 22.5 Å². The Balaban J connectivity index is 2.06. The lowest BCUT2D eigenvalue weighted by molar-refractivity contribution is 0.554. The Labute approximate surface area is 117 Å². The lowest BCUT2D eigenvalue weighted by Gasteiger charge is -2.32. The van der Waals surface area contributed by atoms with Gasteiger partial charge in [0.05, 0.1) is 16.9 Å².